The summed E-state index contributed by atoms with van der Waals surface area (Å²) >= 11 is 0. The standard InChI is InChI=1S/C18H27NO2/c1-19-16(13-18(20-2)9-3-10-18)6-4-14-5-7-17-15(12-14)8-11-21-17/h5,7,12,16,19H,3-4,6,8-11,13H2,1-2H3. The van der Waals surface area contributed by atoms with Gasteiger partial charge in [-0.25, -0.2) is 0 Å². The van der Waals surface area contributed by atoms with Crippen molar-refractivity contribution in [1.82, 2.24) is 5.32 Å². The Hall–Kier alpha value is -1.06. The van der Waals surface area contributed by atoms with Crippen molar-refractivity contribution < 1.29 is 9.47 Å². The number of hydrogen-bond acceptors (Lipinski definition) is 3. The average molecular weight is 289 g/mol. The Morgan fingerprint density at radius 1 is 1.38 bits per heavy atom. The van der Waals surface area contributed by atoms with E-state index in [1.165, 1.54) is 36.8 Å². The van der Waals surface area contributed by atoms with Crippen LogP contribution in [-0.4, -0.2) is 32.4 Å². The first-order valence-electron chi connectivity index (χ1n) is 8.22. The minimum Gasteiger partial charge on any atom is -0.493 e. The number of fused-ring (bicyclic) bond motifs is 1. The molecule has 0 bridgehead atoms. The molecule has 1 aromatic carbocycles. The Balaban J connectivity index is 1.55. The maximum atomic E-state index is 5.76. The molecule has 0 radical (unpaired) electrons. The van der Waals surface area contributed by atoms with Crippen molar-refractivity contribution in [1.29, 1.82) is 0 Å². The van der Waals surface area contributed by atoms with Crippen LogP contribution in [0.25, 0.3) is 0 Å². The fourth-order valence-electron chi connectivity index (χ4n) is 3.60. The normalized spacial score (nSPS) is 20.5. The third kappa shape index (κ3) is 3.24. The van der Waals surface area contributed by atoms with Gasteiger partial charge in [0.05, 0.1) is 12.2 Å². The number of rotatable bonds is 7. The van der Waals surface area contributed by atoms with Gasteiger partial charge in [-0.05, 0) is 62.8 Å². The molecule has 116 valence electrons. The molecule has 0 spiro atoms. The first-order valence-corrected chi connectivity index (χ1v) is 8.22. The minimum atomic E-state index is 0.152. The third-order valence-corrected chi connectivity index (χ3v) is 5.26. The van der Waals surface area contributed by atoms with Crippen molar-refractivity contribution in [2.45, 2.75) is 56.6 Å². The van der Waals surface area contributed by atoms with Gasteiger partial charge >= 0.3 is 0 Å². The number of ether oxygens (including phenoxy) is 2. The van der Waals surface area contributed by atoms with Gasteiger partial charge in [-0.15, -0.1) is 0 Å². The predicted octanol–water partition coefficient (Wildman–Crippen LogP) is 3.10. The SMILES string of the molecule is CNC(CCc1ccc2c(c1)CCO2)CC1(OC)CCC1. The Kier molecular flexibility index (Phi) is 4.51. The maximum Gasteiger partial charge on any atom is 0.122 e. The molecular weight excluding hydrogens is 262 g/mol. The fraction of sp³-hybridized carbons (Fsp3) is 0.667. The zero-order chi connectivity index (χ0) is 14.7. The van der Waals surface area contributed by atoms with Gasteiger partial charge in [-0.2, -0.15) is 0 Å². The highest BCUT2D eigenvalue weighted by molar-refractivity contribution is 5.39. The summed E-state index contributed by atoms with van der Waals surface area (Å²) in [6.45, 7) is 0.842. The molecule has 3 nitrogen and oxygen atoms in total. The van der Waals surface area contributed by atoms with Gasteiger partial charge in [0.25, 0.3) is 0 Å². The summed E-state index contributed by atoms with van der Waals surface area (Å²) in [6.07, 6.45) is 8.24. The highest BCUT2D eigenvalue weighted by Crippen LogP contribution is 2.39. The number of methoxy groups -OCH3 is 1. The van der Waals surface area contributed by atoms with Crippen LogP contribution in [0, 0.1) is 0 Å². The lowest BCUT2D eigenvalue weighted by atomic mass is 9.75. The summed E-state index contributed by atoms with van der Waals surface area (Å²) in [5.74, 6) is 1.08. The molecule has 0 aromatic heterocycles. The molecule has 1 unspecified atom stereocenters. The zero-order valence-corrected chi connectivity index (χ0v) is 13.3. The number of nitrogens with one attached hydrogen (secondary N) is 1. The first kappa shape index (κ1) is 14.9. The molecule has 3 heteroatoms. The van der Waals surface area contributed by atoms with E-state index in [2.05, 4.69) is 30.6 Å². The smallest absolute Gasteiger partial charge is 0.122 e. The van der Waals surface area contributed by atoms with Crippen LogP contribution in [0.5, 0.6) is 5.75 Å². The zero-order valence-electron chi connectivity index (χ0n) is 13.3. The molecule has 1 aliphatic carbocycles. The molecule has 1 atom stereocenters. The van der Waals surface area contributed by atoms with E-state index in [4.69, 9.17) is 9.47 Å². The van der Waals surface area contributed by atoms with Gasteiger partial charge in [0, 0.05) is 19.6 Å². The Bertz CT molecular complexity index is 477. The summed E-state index contributed by atoms with van der Waals surface area (Å²) in [5.41, 5.74) is 2.96. The molecule has 1 aliphatic heterocycles. The Morgan fingerprint density at radius 3 is 2.90 bits per heavy atom. The molecule has 1 saturated carbocycles. The monoisotopic (exact) mass is 289 g/mol. The number of benzene rings is 1. The lowest BCUT2D eigenvalue weighted by Crippen LogP contribution is -2.45. The van der Waals surface area contributed by atoms with Crippen molar-refractivity contribution in [3.05, 3.63) is 29.3 Å². The summed E-state index contributed by atoms with van der Waals surface area (Å²) in [6, 6.07) is 7.21. The van der Waals surface area contributed by atoms with Crippen molar-refractivity contribution in [3.63, 3.8) is 0 Å². The van der Waals surface area contributed by atoms with E-state index < -0.39 is 0 Å². The molecule has 0 saturated heterocycles. The van der Waals surface area contributed by atoms with Gasteiger partial charge in [-0.1, -0.05) is 12.1 Å². The molecule has 1 aromatic rings. The number of hydrogen-bond donors (Lipinski definition) is 1. The molecule has 3 rings (SSSR count). The van der Waals surface area contributed by atoms with Crippen LogP contribution in [0.15, 0.2) is 18.2 Å². The lowest BCUT2D eigenvalue weighted by Gasteiger charge is -2.42. The molecule has 1 heterocycles. The van der Waals surface area contributed by atoms with Crippen LogP contribution in [0.3, 0.4) is 0 Å². The van der Waals surface area contributed by atoms with Gasteiger partial charge in [0.15, 0.2) is 0 Å². The van der Waals surface area contributed by atoms with Crippen LogP contribution in [0.1, 0.15) is 43.2 Å². The molecule has 21 heavy (non-hydrogen) atoms. The predicted molar refractivity (Wildman–Crippen MR) is 85.0 cm³/mol. The van der Waals surface area contributed by atoms with Crippen molar-refractivity contribution in [3.8, 4) is 5.75 Å². The topological polar surface area (TPSA) is 30.5 Å². The van der Waals surface area contributed by atoms with E-state index in [9.17, 15) is 0 Å². The quantitative estimate of drug-likeness (QED) is 0.836. The highest BCUT2D eigenvalue weighted by Gasteiger charge is 2.38. The minimum absolute atomic E-state index is 0.152. The molecule has 1 N–H and O–H groups in total. The van der Waals surface area contributed by atoms with E-state index in [1.807, 2.05) is 7.11 Å². The maximum absolute atomic E-state index is 5.76. The summed E-state index contributed by atoms with van der Waals surface area (Å²) in [4.78, 5) is 0. The molecule has 1 fully saturated rings. The van der Waals surface area contributed by atoms with E-state index in [0.717, 1.165) is 31.6 Å². The van der Waals surface area contributed by atoms with Crippen molar-refractivity contribution in [2.75, 3.05) is 20.8 Å². The van der Waals surface area contributed by atoms with Gasteiger partial charge in [0.1, 0.15) is 5.75 Å². The van der Waals surface area contributed by atoms with Gasteiger partial charge < -0.3 is 14.8 Å². The first-order chi connectivity index (χ1) is 10.2. The van der Waals surface area contributed by atoms with E-state index >= 15 is 0 Å². The highest BCUT2D eigenvalue weighted by atomic mass is 16.5. The molecule has 0 amide bonds. The number of aryl methyl sites for hydroxylation is 1. The fourth-order valence-corrected chi connectivity index (χ4v) is 3.60. The van der Waals surface area contributed by atoms with Crippen LogP contribution in [0.4, 0.5) is 0 Å². The summed E-state index contributed by atoms with van der Waals surface area (Å²) < 4.78 is 11.3. The van der Waals surface area contributed by atoms with Crippen molar-refractivity contribution in [2.24, 2.45) is 0 Å². The Morgan fingerprint density at radius 2 is 2.24 bits per heavy atom. The second-order valence-electron chi connectivity index (χ2n) is 6.51. The van der Waals surface area contributed by atoms with E-state index in [-0.39, 0.29) is 5.60 Å². The molecular formula is C18H27NO2. The molecule has 2 aliphatic rings. The lowest BCUT2D eigenvalue weighted by molar-refractivity contribution is -0.0834. The van der Waals surface area contributed by atoms with Crippen LogP contribution < -0.4 is 10.1 Å². The second-order valence-corrected chi connectivity index (χ2v) is 6.51. The summed E-state index contributed by atoms with van der Waals surface area (Å²) in [5, 5.41) is 3.48. The van der Waals surface area contributed by atoms with Crippen LogP contribution >= 0.6 is 0 Å². The van der Waals surface area contributed by atoms with Gasteiger partial charge in [0.2, 0.25) is 0 Å². The van der Waals surface area contributed by atoms with E-state index in [1.54, 1.807) is 0 Å². The average Bonchev–Trinajstić information content (AvgIpc) is 2.93. The second kappa shape index (κ2) is 6.37. The Labute approximate surface area is 128 Å². The summed E-state index contributed by atoms with van der Waals surface area (Å²) in [7, 11) is 3.94. The van der Waals surface area contributed by atoms with Gasteiger partial charge in [-0.3, -0.25) is 0 Å². The van der Waals surface area contributed by atoms with Crippen LogP contribution in [-0.2, 0) is 17.6 Å². The van der Waals surface area contributed by atoms with Crippen LogP contribution in [0.2, 0.25) is 0 Å². The third-order valence-electron chi connectivity index (χ3n) is 5.26. The van der Waals surface area contributed by atoms with Crippen molar-refractivity contribution >= 4 is 0 Å². The largest absolute Gasteiger partial charge is 0.493 e. The van der Waals surface area contributed by atoms with E-state index in [0.29, 0.717) is 6.04 Å².